The molecule has 19 nitrogen and oxygen atoms in total. The number of aromatic amines is 1. The Morgan fingerprint density at radius 3 is 1.85 bits per heavy atom. The van der Waals surface area contributed by atoms with Crippen molar-refractivity contribution >= 4 is 42.9 Å². The van der Waals surface area contributed by atoms with Crippen LogP contribution in [-0.2, 0) is 39.5 Å². The Kier molecular flexibility index (Phi) is 13.9. The lowest BCUT2D eigenvalue weighted by Gasteiger charge is -2.38. The number of tetrazole rings is 1. The number of aliphatic hydroxyl groups is 1. The van der Waals surface area contributed by atoms with E-state index in [2.05, 4.69) is 20.3 Å². The number of aliphatic hydroxyl groups excluding tert-OH is 1. The molecule has 352 valence electrons. The maximum Gasteiger partial charge on any atom is 0.408 e. The number of fused-ring (bicyclic) bond motifs is 1. The van der Waals surface area contributed by atoms with Crippen LogP contribution < -0.4 is 19.9 Å². The Hall–Kier alpha value is -7.07. The highest BCUT2D eigenvalue weighted by atomic mass is 32.2. The third kappa shape index (κ3) is 10.3. The molecule has 0 aliphatic rings. The van der Waals surface area contributed by atoms with Crippen LogP contribution in [0.4, 0.5) is 10.7 Å². The Balaban J connectivity index is 1.54. The van der Waals surface area contributed by atoms with Crippen molar-refractivity contribution in [2.75, 3.05) is 39.4 Å². The van der Waals surface area contributed by atoms with Gasteiger partial charge in [0.05, 0.1) is 67.8 Å². The molecule has 0 aliphatic carbocycles. The van der Waals surface area contributed by atoms with E-state index in [9.17, 15) is 15.0 Å². The molecular formula is C46H51N9O10S2. The number of sulfonamides is 1. The smallest absolute Gasteiger partial charge is 0.408 e. The van der Waals surface area contributed by atoms with E-state index >= 15 is 16.8 Å². The molecule has 0 fully saturated rings. The average Bonchev–Trinajstić information content (AvgIpc) is 3.93. The van der Waals surface area contributed by atoms with Gasteiger partial charge in [0.1, 0.15) is 22.1 Å². The molecule has 0 bridgehead atoms. The average molecular weight is 954 g/mol. The van der Waals surface area contributed by atoms with E-state index in [0.717, 1.165) is 20.8 Å². The van der Waals surface area contributed by atoms with E-state index in [-0.39, 0.29) is 42.5 Å². The molecular weight excluding hydrogens is 903 g/mol. The molecule has 5 N–H and O–H groups in total. The summed E-state index contributed by atoms with van der Waals surface area (Å²) in [6.07, 6.45) is -1.49. The molecule has 0 saturated heterocycles. The van der Waals surface area contributed by atoms with Crippen LogP contribution >= 0.6 is 0 Å². The largest absolute Gasteiger partial charge is 0.497 e. The number of nitrogens with two attached hydrogens (primary N) is 1. The lowest BCUT2D eigenvalue weighted by atomic mass is 9.98. The highest BCUT2D eigenvalue weighted by molar-refractivity contribution is 7.93. The number of methoxy groups -OCH3 is 3. The Morgan fingerprint density at radius 1 is 0.791 bits per heavy atom. The van der Waals surface area contributed by atoms with Gasteiger partial charge in [-0.3, -0.25) is 4.90 Å². The number of aromatic nitrogens is 6. The second kappa shape index (κ2) is 19.4. The number of anilines is 1. The maximum atomic E-state index is 16.1. The molecule has 0 spiro atoms. The van der Waals surface area contributed by atoms with Crippen molar-refractivity contribution in [1.29, 1.82) is 0 Å². The molecule has 2 aromatic heterocycles. The number of nitrogens with zero attached hydrogens (tertiary/aromatic N) is 7. The number of rotatable bonds is 18. The van der Waals surface area contributed by atoms with Crippen molar-refractivity contribution in [3.63, 3.8) is 0 Å². The summed E-state index contributed by atoms with van der Waals surface area (Å²) in [5.41, 5.74) is 7.88. The van der Waals surface area contributed by atoms with Gasteiger partial charge in [0.25, 0.3) is 0 Å². The van der Waals surface area contributed by atoms with Crippen molar-refractivity contribution in [3.05, 3.63) is 120 Å². The fraction of sp³-hybridized carbons (Fsp3) is 0.283. The molecule has 7 aromatic rings. The van der Waals surface area contributed by atoms with Crippen LogP contribution in [0.5, 0.6) is 17.2 Å². The number of hydrogen-bond acceptors (Lipinski definition) is 14. The second-order valence-corrected chi connectivity index (χ2v) is 20.4. The zero-order valence-corrected chi connectivity index (χ0v) is 39.2. The number of sulfone groups is 1. The molecule has 0 unspecified atom stereocenters. The summed E-state index contributed by atoms with van der Waals surface area (Å²) in [5.74, 6) is 0.480. The summed E-state index contributed by atoms with van der Waals surface area (Å²) < 4.78 is 79.8. The molecule has 0 saturated carbocycles. The van der Waals surface area contributed by atoms with Gasteiger partial charge in [0.15, 0.2) is 15.8 Å². The van der Waals surface area contributed by atoms with Gasteiger partial charge >= 0.3 is 6.09 Å². The minimum Gasteiger partial charge on any atom is -0.497 e. The van der Waals surface area contributed by atoms with Gasteiger partial charge in [-0.25, -0.2) is 26.6 Å². The summed E-state index contributed by atoms with van der Waals surface area (Å²) in [7, 11) is -5.38. The third-order valence-electron chi connectivity index (χ3n) is 11.0. The SMILES string of the molecule is COc1ccc(CN(Cc2ccc(OC)cc2)S(=O)(=O)c2c(S(=O)(=O)C[C@@H](CO)N(C(=O)O)C(C)(C)C)ccc(-c3cccc4[nH]c(N)nc34)c2-c2nnn(Cc3ccc(OC)cc3)n2)cc1. The first kappa shape index (κ1) is 47.9. The van der Waals surface area contributed by atoms with Gasteiger partial charge in [0.2, 0.25) is 15.8 Å². The monoisotopic (exact) mass is 953 g/mol. The van der Waals surface area contributed by atoms with Crippen LogP contribution in [-0.4, -0.2) is 118 Å². The molecule has 5 aromatic carbocycles. The fourth-order valence-corrected chi connectivity index (χ4v) is 11.8. The van der Waals surface area contributed by atoms with Gasteiger partial charge in [-0.05, 0) is 96.8 Å². The number of imidazole rings is 1. The van der Waals surface area contributed by atoms with Gasteiger partial charge in [-0.2, -0.15) is 9.10 Å². The van der Waals surface area contributed by atoms with Gasteiger partial charge < -0.3 is 35.1 Å². The summed E-state index contributed by atoms with van der Waals surface area (Å²) in [5, 5.41) is 34.3. The van der Waals surface area contributed by atoms with Crippen LogP contribution in [0.2, 0.25) is 0 Å². The summed E-state index contributed by atoms with van der Waals surface area (Å²) >= 11 is 0. The Bertz CT molecular complexity index is 3050. The quantitative estimate of drug-likeness (QED) is 0.0787. The van der Waals surface area contributed by atoms with Crippen LogP contribution in [0.25, 0.3) is 33.5 Å². The van der Waals surface area contributed by atoms with Crippen LogP contribution in [0.1, 0.15) is 37.5 Å². The van der Waals surface area contributed by atoms with Crippen molar-refractivity contribution in [1.82, 2.24) is 39.4 Å². The van der Waals surface area contributed by atoms with Crippen LogP contribution in [0.15, 0.2) is 113 Å². The second-order valence-electron chi connectivity index (χ2n) is 16.5. The van der Waals surface area contributed by atoms with E-state index in [1.807, 2.05) is 0 Å². The van der Waals surface area contributed by atoms with E-state index < -0.39 is 59.7 Å². The Morgan fingerprint density at radius 2 is 1.34 bits per heavy atom. The number of H-pyrrole nitrogens is 1. The predicted molar refractivity (Wildman–Crippen MR) is 250 cm³/mol. The topological polar surface area (TPSA) is 258 Å². The highest BCUT2D eigenvalue weighted by Gasteiger charge is 2.41. The van der Waals surface area contributed by atoms with Crippen LogP contribution in [0, 0.1) is 0 Å². The van der Waals surface area contributed by atoms with Crippen molar-refractivity contribution in [2.24, 2.45) is 0 Å². The minimum atomic E-state index is -5.05. The molecule has 1 atom stereocenters. The van der Waals surface area contributed by atoms with Gasteiger partial charge in [-0.1, -0.05) is 54.6 Å². The number of para-hydroxylation sites is 1. The molecule has 0 radical (unpaired) electrons. The molecule has 67 heavy (non-hydrogen) atoms. The number of nitrogen functional groups attached to an aromatic ring is 1. The number of carbonyl (C=O) groups is 1. The normalized spacial score (nSPS) is 12.6. The number of ether oxygens (including phenoxy) is 3. The first-order valence-electron chi connectivity index (χ1n) is 20.8. The summed E-state index contributed by atoms with van der Waals surface area (Å²) in [6.45, 7) is 3.31. The van der Waals surface area contributed by atoms with E-state index in [1.54, 1.807) is 119 Å². The van der Waals surface area contributed by atoms with Crippen LogP contribution in [0.3, 0.4) is 0 Å². The first-order chi connectivity index (χ1) is 31.9. The summed E-state index contributed by atoms with van der Waals surface area (Å²) in [4.78, 5) is 20.8. The summed E-state index contributed by atoms with van der Waals surface area (Å²) in [6, 6.07) is 26.7. The molecule has 7 rings (SSSR count). The van der Waals surface area contributed by atoms with E-state index in [0.29, 0.717) is 45.0 Å². The number of hydrogen-bond donors (Lipinski definition) is 4. The molecule has 1 amide bonds. The third-order valence-corrected chi connectivity index (χ3v) is 14.8. The molecule has 0 aliphatic heterocycles. The zero-order chi connectivity index (χ0) is 48.3. The predicted octanol–water partition coefficient (Wildman–Crippen LogP) is 5.84. The van der Waals surface area contributed by atoms with Crippen molar-refractivity contribution in [3.8, 4) is 39.8 Å². The van der Waals surface area contributed by atoms with E-state index in [1.165, 1.54) is 25.1 Å². The fourth-order valence-electron chi connectivity index (χ4n) is 7.85. The number of benzene rings is 5. The first-order valence-corrected chi connectivity index (χ1v) is 23.9. The zero-order valence-electron chi connectivity index (χ0n) is 37.6. The molecule has 2 heterocycles. The van der Waals surface area contributed by atoms with Crippen molar-refractivity contribution in [2.45, 2.75) is 61.8 Å². The lowest BCUT2D eigenvalue weighted by molar-refractivity contribution is 0.0543. The maximum absolute atomic E-state index is 16.1. The number of amides is 1. The Labute approximate surface area is 387 Å². The molecule has 21 heteroatoms. The lowest BCUT2D eigenvalue weighted by Crippen LogP contribution is -2.55. The minimum absolute atomic E-state index is 0.0710. The highest BCUT2D eigenvalue weighted by Crippen LogP contribution is 2.43. The van der Waals surface area contributed by atoms with Gasteiger partial charge in [0, 0.05) is 24.2 Å². The number of carboxylic acid groups (broad SMARTS) is 1. The van der Waals surface area contributed by atoms with E-state index in [4.69, 9.17) is 25.0 Å². The number of nitrogens with one attached hydrogen (secondary N) is 1. The standard InChI is InChI=1S/C46H51N9O10S2/c1-46(2,3)55(45(57)58)32(27-56)28-66(59,60)39-23-22-36(37-8-7-9-38-41(37)49-44(47)48-38)40(43-50-52-54(51-43)26-31-14-20-35(65-6)21-15-31)42(39)67(61,62)53(24-29-10-16-33(63-4)17-11-29)25-30-12-18-34(64-5)19-13-30/h7-23,32,56H,24-28H2,1-6H3,(H,57,58)(H3,47,48,49)/t32-/m1/s1. The van der Waals surface area contributed by atoms with Gasteiger partial charge in [-0.15, -0.1) is 10.2 Å². The van der Waals surface area contributed by atoms with Crippen molar-refractivity contribution < 1.29 is 46.1 Å².